The molecule has 1 unspecified atom stereocenters. The molecule has 1 aromatic carbocycles. The molecule has 128 valence electrons. The fourth-order valence-electron chi connectivity index (χ4n) is 3.06. The summed E-state index contributed by atoms with van der Waals surface area (Å²) >= 11 is 12.3. The Kier molecular flexibility index (Phi) is 5.13. The van der Waals surface area contributed by atoms with Crippen molar-refractivity contribution in [2.45, 2.75) is 26.4 Å². The summed E-state index contributed by atoms with van der Waals surface area (Å²) in [5.41, 5.74) is 2.60. The molecule has 1 aliphatic rings. The first-order chi connectivity index (χ1) is 11.5. The number of rotatable bonds is 3. The topological polar surface area (TPSA) is 50.2 Å². The van der Waals surface area contributed by atoms with E-state index in [1.807, 2.05) is 43.0 Å². The third kappa shape index (κ3) is 3.43. The average Bonchev–Trinajstić information content (AvgIpc) is 2.82. The maximum absolute atomic E-state index is 12.9. The lowest BCUT2D eigenvalue weighted by atomic mass is 10.0. The molecule has 1 N–H and O–H groups in total. The van der Waals surface area contributed by atoms with Crippen molar-refractivity contribution in [3.8, 4) is 0 Å². The Balaban J connectivity index is 1.82. The third-order valence-electron chi connectivity index (χ3n) is 4.38. The van der Waals surface area contributed by atoms with Crippen molar-refractivity contribution in [1.82, 2.24) is 20.0 Å². The monoisotopic (exact) mass is 366 g/mol. The predicted molar refractivity (Wildman–Crippen MR) is 95.5 cm³/mol. The van der Waals surface area contributed by atoms with Gasteiger partial charge in [-0.05, 0) is 31.5 Å². The van der Waals surface area contributed by atoms with Crippen LogP contribution >= 0.6 is 23.2 Å². The molecular weight excluding hydrogens is 347 g/mol. The first kappa shape index (κ1) is 17.3. The van der Waals surface area contributed by atoms with Crippen LogP contribution in [-0.2, 0) is 11.3 Å². The fraction of sp³-hybridized carbons (Fsp3) is 0.412. The van der Waals surface area contributed by atoms with E-state index in [-0.39, 0.29) is 18.5 Å². The maximum Gasteiger partial charge on any atom is 0.244 e. The number of hydrogen-bond donors (Lipinski definition) is 1. The molecule has 0 spiro atoms. The molecular formula is C17H20Cl2N4O. The van der Waals surface area contributed by atoms with Gasteiger partial charge in [0.1, 0.15) is 6.54 Å². The second kappa shape index (κ2) is 7.13. The molecule has 24 heavy (non-hydrogen) atoms. The molecule has 0 bridgehead atoms. The molecule has 1 amide bonds. The Morgan fingerprint density at radius 3 is 2.83 bits per heavy atom. The standard InChI is InChI=1S/C17H20Cl2N4O/c1-11-17(19)12(2)23(21-11)10-16(24)22-7-6-20-9-15(22)13-4-3-5-14(18)8-13/h3-5,8,15,20H,6-7,9-10H2,1-2H3. The van der Waals surface area contributed by atoms with Crippen LogP contribution in [-0.4, -0.2) is 40.2 Å². The molecule has 5 nitrogen and oxygen atoms in total. The number of aryl methyl sites for hydroxylation is 1. The largest absolute Gasteiger partial charge is 0.331 e. The lowest BCUT2D eigenvalue weighted by Gasteiger charge is -2.36. The van der Waals surface area contributed by atoms with Gasteiger partial charge in [0, 0.05) is 24.7 Å². The number of piperazine rings is 1. The average molecular weight is 367 g/mol. The van der Waals surface area contributed by atoms with E-state index >= 15 is 0 Å². The molecule has 2 heterocycles. The first-order valence-electron chi connectivity index (χ1n) is 7.92. The van der Waals surface area contributed by atoms with E-state index in [1.165, 1.54) is 0 Å². The zero-order chi connectivity index (χ0) is 17.3. The SMILES string of the molecule is Cc1nn(CC(=O)N2CCNCC2c2cccc(Cl)c2)c(C)c1Cl. The summed E-state index contributed by atoms with van der Waals surface area (Å²) < 4.78 is 1.68. The summed E-state index contributed by atoms with van der Waals surface area (Å²) in [6.07, 6.45) is 0. The number of carbonyl (C=O) groups excluding carboxylic acids is 1. The maximum atomic E-state index is 12.9. The molecule has 1 aromatic heterocycles. The molecule has 2 aromatic rings. The summed E-state index contributed by atoms with van der Waals surface area (Å²) in [4.78, 5) is 14.8. The van der Waals surface area contributed by atoms with E-state index in [4.69, 9.17) is 23.2 Å². The predicted octanol–water partition coefficient (Wildman–Crippen LogP) is 2.98. The minimum atomic E-state index is -0.0302. The van der Waals surface area contributed by atoms with Crippen LogP contribution in [0.2, 0.25) is 10.0 Å². The highest BCUT2D eigenvalue weighted by molar-refractivity contribution is 6.31. The van der Waals surface area contributed by atoms with Gasteiger partial charge in [-0.2, -0.15) is 5.10 Å². The summed E-state index contributed by atoms with van der Waals surface area (Å²) in [6, 6.07) is 7.64. The summed E-state index contributed by atoms with van der Waals surface area (Å²) in [5, 5.41) is 9.00. The summed E-state index contributed by atoms with van der Waals surface area (Å²) in [7, 11) is 0. The lowest BCUT2D eigenvalue weighted by Crippen LogP contribution is -2.49. The van der Waals surface area contributed by atoms with Gasteiger partial charge in [0.15, 0.2) is 0 Å². The second-order valence-corrected chi connectivity index (χ2v) is 6.82. The van der Waals surface area contributed by atoms with Gasteiger partial charge in [-0.1, -0.05) is 35.3 Å². The van der Waals surface area contributed by atoms with Gasteiger partial charge in [0.25, 0.3) is 0 Å². The number of nitrogens with one attached hydrogen (secondary N) is 1. The molecule has 3 rings (SSSR count). The number of benzene rings is 1. The van der Waals surface area contributed by atoms with Gasteiger partial charge >= 0.3 is 0 Å². The molecule has 0 saturated carbocycles. The van der Waals surface area contributed by atoms with Gasteiger partial charge in [-0.25, -0.2) is 0 Å². The number of carbonyl (C=O) groups is 1. The van der Waals surface area contributed by atoms with E-state index in [2.05, 4.69) is 10.4 Å². The van der Waals surface area contributed by atoms with Crippen molar-refractivity contribution >= 4 is 29.1 Å². The van der Waals surface area contributed by atoms with E-state index < -0.39 is 0 Å². The van der Waals surface area contributed by atoms with Crippen LogP contribution in [0.3, 0.4) is 0 Å². The smallest absolute Gasteiger partial charge is 0.244 e. The van der Waals surface area contributed by atoms with E-state index in [0.717, 1.165) is 23.5 Å². The Morgan fingerprint density at radius 1 is 1.38 bits per heavy atom. The molecule has 1 fully saturated rings. The molecule has 1 atom stereocenters. The van der Waals surface area contributed by atoms with Gasteiger partial charge < -0.3 is 10.2 Å². The van der Waals surface area contributed by atoms with Crippen molar-refractivity contribution in [3.63, 3.8) is 0 Å². The minimum absolute atomic E-state index is 0.0302. The third-order valence-corrected chi connectivity index (χ3v) is 5.16. The van der Waals surface area contributed by atoms with Crippen molar-refractivity contribution in [1.29, 1.82) is 0 Å². The highest BCUT2D eigenvalue weighted by atomic mass is 35.5. The number of amides is 1. The van der Waals surface area contributed by atoms with Crippen molar-refractivity contribution in [2.24, 2.45) is 0 Å². The highest BCUT2D eigenvalue weighted by Crippen LogP contribution is 2.25. The van der Waals surface area contributed by atoms with Crippen LogP contribution in [0.5, 0.6) is 0 Å². The van der Waals surface area contributed by atoms with Crippen molar-refractivity contribution in [3.05, 3.63) is 51.3 Å². The molecule has 0 aliphatic carbocycles. The lowest BCUT2D eigenvalue weighted by molar-refractivity contribution is -0.135. The fourth-order valence-corrected chi connectivity index (χ4v) is 3.40. The van der Waals surface area contributed by atoms with Gasteiger partial charge in [-0.15, -0.1) is 0 Å². The van der Waals surface area contributed by atoms with Crippen LogP contribution in [0.4, 0.5) is 0 Å². The van der Waals surface area contributed by atoms with E-state index in [9.17, 15) is 4.79 Å². The van der Waals surface area contributed by atoms with Crippen LogP contribution in [0.25, 0.3) is 0 Å². The number of nitrogens with zero attached hydrogens (tertiary/aromatic N) is 3. The summed E-state index contributed by atoms with van der Waals surface area (Å²) in [5.74, 6) is 0.0312. The number of aromatic nitrogens is 2. The Hall–Kier alpha value is -1.56. The molecule has 7 heteroatoms. The minimum Gasteiger partial charge on any atom is -0.331 e. The molecule has 1 aliphatic heterocycles. The van der Waals surface area contributed by atoms with Crippen LogP contribution in [0.15, 0.2) is 24.3 Å². The second-order valence-electron chi connectivity index (χ2n) is 6.00. The summed E-state index contributed by atoms with van der Waals surface area (Å²) in [6.45, 7) is 6.06. The molecule has 1 saturated heterocycles. The van der Waals surface area contributed by atoms with E-state index in [0.29, 0.717) is 23.1 Å². The first-order valence-corrected chi connectivity index (χ1v) is 8.68. The number of halogens is 2. The Bertz CT molecular complexity index is 759. The Labute approximate surface area is 151 Å². The normalized spacial score (nSPS) is 18.0. The van der Waals surface area contributed by atoms with Gasteiger partial charge in [0.05, 0.1) is 22.5 Å². The highest BCUT2D eigenvalue weighted by Gasteiger charge is 2.28. The molecule has 0 radical (unpaired) electrons. The zero-order valence-electron chi connectivity index (χ0n) is 13.7. The van der Waals surface area contributed by atoms with Gasteiger partial charge in [0.2, 0.25) is 5.91 Å². The Morgan fingerprint density at radius 2 is 2.17 bits per heavy atom. The van der Waals surface area contributed by atoms with Crippen molar-refractivity contribution < 1.29 is 4.79 Å². The zero-order valence-corrected chi connectivity index (χ0v) is 15.2. The quantitative estimate of drug-likeness (QED) is 0.908. The van der Waals surface area contributed by atoms with Crippen molar-refractivity contribution in [2.75, 3.05) is 19.6 Å². The van der Waals surface area contributed by atoms with Crippen LogP contribution < -0.4 is 5.32 Å². The van der Waals surface area contributed by atoms with E-state index in [1.54, 1.807) is 4.68 Å². The number of hydrogen-bond acceptors (Lipinski definition) is 3. The van der Waals surface area contributed by atoms with Crippen LogP contribution in [0, 0.1) is 13.8 Å². The van der Waals surface area contributed by atoms with Gasteiger partial charge in [-0.3, -0.25) is 9.48 Å². The van der Waals surface area contributed by atoms with Crippen LogP contribution in [0.1, 0.15) is 23.0 Å².